The van der Waals surface area contributed by atoms with Crippen molar-refractivity contribution in [3.63, 3.8) is 0 Å². The smallest absolute Gasteiger partial charge is 0.313 e. The molecule has 1 aliphatic carbocycles. The molecule has 3 heteroatoms. The van der Waals surface area contributed by atoms with E-state index in [0.717, 1.165) is 32.4 Å². The van der Waals surface area contributed by atoms with Crippen LogP contribution in [0.2, 0.25) is 0 Å². The van der Waals surface area contributed by atoms with Crippen molar-refractivity contribution < 1.29 is 9.53 Å². The van der Waals surface area contributed by atoms with Gasteiger partial charge in [-0.2, -0.15) is 0 Å². The van der Waals surface area contributed by atoms with Gasteiger partial charge in [0.2, 0.25) is 0 Å². The van der Waals surface area contributed by atoms with E-state index in [4.69, 9.17) is 4.74 Å². The molecule has 0 spiro atoms. The summed E-state index contributed by atoms with van der Waals surface area (Å²) in [5, 5.41) is 3.47. The van der Waals surface area contributed by atoms with Crippen LogP contribution in [0.15, 0.2) is 0 Å². The van der Waals surface area contributed by atoms with Crippen LogP contribution >= 0.6 is 0 Å². The summed E-state index contributed by atoms with van der Waals surface area (Å²) in [7, 11) is 1.49. The lowest BCUT2D eigenvalue weighted by atomic mass is 9.68. The molecule has 1 rings (SSSR count). The van der Waals surface area contributed by atoms with Crippen LogP contribution in [0.5, 0.6) is 0 Å². The minimum Gasteiger partial charge on any atom is -0.469 e. The molecule has 0 saturated heterocycles. The van der Waals surface area contributed by atoms with Crippen molar-refractivity contribution in [1.29, 1.82) is 0 Å². The zero-order chi connectivity index (χ0) is 12.9. The molecule has 17 heavy (non-hydrogen) atoms. The zero-order valence-electron chi connectivity index (χ0n) is 11.8. The molecule has 0 radical (unpaired) electrons. The molecule has 0 heterocycles. The fraction of sp³-hybridized carbons (Fsp3) is 0.929. The molecule has 100 valence electrons. The maximum Gasteiger partial charge on any atom is 0.313 e. The second-order valence-corrected chi connectivity index (χ2v) is 6.14. The van der Waals surface area contributed by atoms with Crippen LogP contribution in [0.1, 0.15) is 52.9 Å². The average Bonchev–Trinajstić information content (AvgIpc) is 2.20. The van der Waals surface area contributed by atoms with Crippen molar-refractivity contribution in [2.75, 3.05) is 20.2 Å². The van der Waals surface area contributed by atoms with Gasteiger partial charge in [-0.3, -0.25) is 4.79 Å². The lowest BCUT2D eigenvalue weighted by Crippen LogP contribution is -2.48. The molecule has 0 bridgehead atoms. The average molecular weight is 241 g/mol. The molecule has 0 aromatic carbocycles. The van der Waals surface area contributed by atoms with Gasteiger partial charge in [0.1, 0.15) is 0 Å². The second-order valence-electron chi connectivity index (χ2n) is 6.14. The molecule has 3 nitrogen and oxygen atoms in total. The van der Waals surface area contributed by atoms with Gasteiger partial charge in [0, 0.05) is 13.1 Å². The highest BCUT2D eigenvalue weighted by atomic mass is 16.5. The molecular weight excluding hydrogens is 214 g/mol. The maximum absolute atomic E-state index is 11.7. The van der Waals surface area contributed by atoms with Crippen molar-refractivity contribution in [3.8, 4) is 0 Å². The summed E-state index contributed by atoms with van der Waals surface area (Å²) < 4.78 is 4.91. The maximum atomic E-state index is 11.7. The van der Waals surface area contributed by atoms with Crippen molar-refractivity contribution in [3.05, 3.63) is 0 Å². The summed E-state index contributed by atoms with van der Waals surface area (Å²) in [4.78, 5) is 11.7. The zero-order valence-corrected chi connectivity index (χ0v) is 11.8. The molecule has 0 aromatic heterocycles. The Morgan fingerprint density at radius 2 is 2.06 bits per heavy atom. The predicted octanol–water partition coefficient (Wildman–Crippen LogP) is 2.75. The SMILES string of the molecule is CCCC(C)(C)CNCC1(C(=O)OC)CCC1. The number of rotatable bonds is 7. The van der Waals surface area contributed by atoms with E-state index in [-0.39, 0.29) is 11.4 Å². The number of nitrogens with one attached hydrogen (secondary N) is 1. The third kappa shape index (κ3) is 3.70. The first-order valence-corrected chi connectivity index (χ1v) is 6.75. The Balaban J connectivity index is 2.36. The first-order chi connectivity index (χ1) is 7.96. The Morgan fingerprint density at radius 1 is 1.41 bits per heavy atom. The molecule has 0 aliphatic heterocycles. The largest absolute Gasteiger partial charge is 0.469 e. The number of ether oxygens (including phenoxy) is 1. The Bertz CT molecular complexity index is 257. The summed E-state index contributed by atoms with van der Waals surface area (Å²) in [5.41, 5.74) is 0.0901. The fourth-order valence-electron chi connectivity index (χ4n) is 2.68. The number of carbonyl (C=O) groups is 1. The minimum atomic E-state index is -0.225. The van der Waals surface area contributed by atoms with Crippen LogP contribution in [0.3, 0.4) is 0 Å². The van der Waals surface area contributed by atoms with E-state index in [1.165, 1.54) is 20.0 Å². The lowest BCUT2D eigenvalue weighted by molar-refractivity contribution is -0.158. The summed E-state index contributed by atoms with van der Waals surface area (Å²) in [6.07, 6.45) is 5.51. The quantitative estimate of drug-likeness (QED) is 0.697. The van der Waals surface area contributed by atoms with E-state index < -0.39 is 0 Å². The van der Waals surface area contributed by atoms with Crippen LogP contribution in [0.25, 0.3) is 0 Å². The van der Waals surface area contributed by atoms with Gasteiger partial charge in [0.25, 0.3) is 0 Å². The van der Waals surface area contributed by atoms with Crippen molar-refractivity contribution in [2.45, 2.75) is 52.9 Å². The van der Waals surface area contributed by atoms with Crippen molar-refractivity contribution in [2.24, 2.45) is 10.8 Å². The van der Waals surface area contributed by atoms with Gasteiger partial charge >= 0.3 is 5.97 Å². The van der Waals surface area contributed by atoms with Gasteiger partial charge < -0.3 is 10.1 Å². The molecule has 1 fully saturated rings. The summed E-state index contributed by atoms with van der Waals surface area (Å²) in [6.45, 7) is 8.50. The standard InChI is InChI=1S/C14H27NO2/c1-5-7-13(2,3)10-15-11-14(8-6-9-14)12(16)17-4/h15H,5-11H2,1-4H3. The van der Waals surface area contributed by atoms with Crippen molar-refractivity contribution >= 4 is 5.97 Å². The minimum absolute atomic E-state index is 0.0375. The molecular formula is C14H27NO2. The summed E-state index contributed by atoms with van der Waals surface area (Å²) >= 11 is 0. The lowest BCUT2D eigenvalue weighted by Gasteiger charge is -2.39. The van der Waals surface area contributed by atoms with E-state index in [1.54, 1.807) is 0 Å². The number of esters is 1. The first-order valence-electron chi connectivity index (χ1n) is 6.75. The van der Waals surface area contributed by atoms with E-state index in [0.29, 0.717) is 5.41 Å². The van der Waals surface area contributed by atoms with Gasteiger partial charge in [-0.1, -0.05) is 33.6 Å². The van der Waals surface area contributed by atoms with Gasteiger partial charge in [-0.25, -0.2) is 0 Å². The summed E-state index contributed by atoms with van der Waals surface area (Å²) in [5.74, 6) is -0.0375. The number of methoxy groups -OCH3 is 1. The third-order valence-corrected chi connectivity index (χ3v) is 3.92. The highest BCUT2D eigenvalue weighted by molar-refractivity contribution is 5.78. The Labute approximate surface area is 105 Å². The highest BCUT2D eigenvalue weighted by Gasteiger charge is 2.44. The molecule has 1 aliphatic rings. The van der Waals surface area contributed by atoms with E-state index in [1.807, 2.05) is 0 Å². The van der Waals surface area contributed by atoms with Gasteiger partial charge in [-0.15, -0.1) is 0 Å². The first kappa shape index (κ1) is 14.5. The van der Waals surface area contributed by atoms with Crippen LogP contribution in [0, 0.1) is 10.8 Å². The van der Waals surface area contributed by atoms with Crippen LogP contribution < -0.4 is 5.32 Å². The van der Waals surface area contributed by atoms with Crippen LogP contribution in [-0.2, 0) is 9.53 Å². The number of hydrogen-bond donors (Lipinski definition) is 1. The van der Waals surface area contributed by atoms with Crippen LogP contribution in [0.4, 0.5) is 0 Å². The van der Waals surface area contributed by atoms with Gasteiger partial charge in [0.15, 0.2) is 0 Å². The predicted molar refractivity (Wildman–Crippen MR) is 69.9 cm³/mol. The third-order valence-electron chi connectivity index (χ3n) is 3.92. The molecule has 0 atom stereocenters. The molecule has 0 unspecified atom stereocenters. The Morgan fingerprint density at radius 3 is 2.47 bits per heavy atom. The van der Waals surface area contributed by atoms with Gasteiger partial charge in [-0.05, 0) is 24.7 Å². The highest BCUT2D eigenvalue weighted by Crippen LogP contribution is 2.41. The van der Waals surface area contributed by atoms with Gasteiger partial charge in [0.05, 0.1) is 12.5 Å². The van der Waals surface area contributed by atoms with E-state index in [2.05, 4.69) is 26.1 Å². The second kappa shape index (κ2) is 5.85. The molecule has 1 N–H and O–H groups in total. The van der Waals surface area contributed by atoms with E-state index >= 15 is 0 Å². The van der Waals surface area contributed by atoms with Crippen molar-refractivity contribution in [1.82, 2.24) is 5.32 Å². The normalized spacial score (nSPS) is 18.6. The molecule has 0 amide bonds. The summed E-state index contributed by atoms with van der Waals surface area (Å²) in [6, 6.07) is 0. The molecule has 1 saturated carbocycles. The topological polar surface area (TPSA) is 38.3 Å². The number of hydrogen-bond acceptors (Lipinski definition) is 3. The van der Waals surface area contributed by atoms with Crippen LogP contribution in [-0.4, -0.2) is 26.2 Å². The Kier molecular flexibility index (Phi) is 4.99. The number of carbonyl (C=O) groups excluding carboxylic acids is 1. The van der Waals surface area contributed by atoms with E-state index in [9.17, 15) is 4.79 Å². The fourth-order valence-corrected chi connectivity index (χ4v) is 2.68. The Hall–Kier alpha value is -0.570. The molecule has 0 aromatic rings. The monoisotopic (exact) mass is 241 g/mol.